The maximum Gasteiger partial charge on any atom is 0.0552 e. The Morgan fingerprint density at radius 2 is 1.83 bits per heavy atom. The van der Waals surface area contributed by atoms with Crippen LogP contribution in [0.1, 0.15) is 11.1 Å². The third kappa shape index (κ3) is 2.70. The molecule has 94 valence electrons. The van der Waals surface area contributed by atoms with E-state index in [1.807, 2.05) is 0 Å². The van der Waals surface area contributed by atoms with Crippen LogP contribution >= 0.6 is 27.5 Å². The van der Waals surface area contributed by atoms with E-state index in [0.717, 1.165) is 15.7 Å². The lowest BCUT2D eigenvalue weighted by Gasteiger charge is -2.23. The first kappa shape index (κ1) is 13.4. The number of rotatable bonds is 3. The van der Waals surface area contributed by atoms with Crippen LogP contribution in [0.2, 0.25) is 0 Å². The number of hydrogen-bond donors (Lipinski definition) is 0. The molecule has 2 rings (SSSR count). The van der Waals surface area contributed by atoms with Crippen molar-refractivity contribution in [2.75, 3.05) is 11.9 Å². The van der Waals surface area contributed by atoms with Crippen LogP contribution in [0.3, 0.4) is 0 Å². The predicted octanol–water partition coefficient (Wildman–Crippen LogP) is 5.26. The zero-order valence-corrected chi connectivity index (χ0v) is 12.8. The van der Waals surface area contributed by atoms with Gasteiger partial charge in [0.05, 0.1) is 5.69 Å². The molecule has 0 amide bonds. The minimum absolute atomic E-state index is 0.535. The maximum atomic E-state index is 5.84. The standard InChI is InChI=1S/C15H15BrClN/c1-11-5-3-4-6-14(11)18(2)15-8-7-12(10-17)9-13(15)16/h3-9H,10H2,1-2H3. The zero-order chi connectivity index (χ0) is 13.1. The van der Waals surface area contributed by atoms with Crippen molar-refractivity contribution in [1.82, 2.24) is 0 Å². The first-order valence-electron chi connectivity index (χ1n) is 5.77. The van der Waals surface area contributed by atoms with Gasteiger partial charge in [-0.2, -0.15) is 0 Å². The van der Waals surface area contributed by atoms with E-state index in [1.165, 1.54) is 11.3 Å². The third-order valence-corrected chi connectivity index (χ3v) is 3.95. The predicted molar refractivity (Wildman–Crippen MR) is 82.9 cm³/mol. The molecule has 3 heteroatoms. The molecule has 2 aromatic rings. The van der Waals surface area contributed by atoms with Gasteiger partial charge in [0.2, 0.25) is 0 Å². The molecule has 2 aromatic carbocycles. The van der Waals surface area contributed by atoms with E-state index in [-0.39, 0.29) is 0 Å². The summed E-state index contributed by atoms with van der Waals surface area (Å²) < 4.78 is 1.06. The van der Waals surface area contributed by atoms with Crippen molar-refractivity contribution in [2.45, 2.75) is 12.8 Å². The highest BCUT2D eigenvalue weighted by Crippen LogP contribution is 2.33. The molecular weight excluding hydrogens is 310 g/mol. The minimum atomic E-state index is 0.535. The number of hydrogen-bond acceptors (Lipinski definition) is 1. The molecule has 0 spiro atoms. The van der Waals surface area contributed by atoms with Crippen molar-refractivity contribution < 1.29 is 0 Å². The largest absolute Gasteiger partial charge is 0.343 e. The molecule has 18 heavy (non-hydrogen) atoms. The molecule has 0 saturated carbocycles. The normalized spacial score (nSPS) is 10.4. The Hall–Kier alpha value is -0.990. The Morgan fingerprint density at radius 1 is 1.11 bits per heavy atom. The monoisotopic (exact) mass is 323 g/mol. The van der Waals surface area contributed by atoms with Crippen LogP contribution in [0.5, 0.6) is 0 Å². The van der Waals surface area contributed by atoms with Gasteiger partial charge in [-0.15, -0.1) is 11.6 Å². The van der Waals surface area contributed by atoms with Crippen LogP contribution in [-0.2, 0) is 5.88 Å². The number of aryl methyl sites for hydroxylation is 1. The molecule has 1 nitrogen and oxygen atoms in total. The molecule has 0 bridgehead atoms. The van der Waals surface area contributed by atoms with Crippen LogP contribution < -0.4 is 4.90 Å². The van der Waals surface area contributed by atoms with Crippen LogP contribution in [0.25, 0.3) is 0 Å². The molecule has 0 unspecified atom stereocenters. The lowest BCUT2D eigenvalue weighted by molar-refractivity contribution is 1.17. The summed E-state index contributed by atoms with van der Waals surface area (Å²) in [6.45, 7) is 2.12. The summed E-state index contributed by atoms with van der Waals surface area (Å²) in [5.74, 6) is 0.535. The molecule has 0 aliphatic heterocycles. The summed E-state index contributed by atoms with van der Waals surface area (Å²) >= 11 is 9.45. The van der Waals surface area contributed by atoms with E-state index >= 15 is 0 Å². The van der Waals surface area contributed by atoms with Gasteiger partial charge in [0.1, 0.15) is 0 Å². The van der Waals surface area contributed by atoms with Crippen molar-refractivity contribution in [3.8, 4) is 0 Å². The number of nitrogens with zero attached hydrogens (tertiary/aromatic N) is 1. The lowest BCUT2D eigenvalue weighted by atomic mass is 10.1. The lowest BCUT2D eigenvalue weighted by Crippen LogP contribution is -2.11. The smallest absolute Gasteiger partial charge is 0.0552 e. The Labute approximate surface area is 122 Å². The molecular formula is C15H15BrClN. The summed E-state index contributed by atoms with van der Waals surface area (Å²) in [5, 5.41) is 0. The molecule has 0 saturated heterocycles. The first-order valence-corrected chi connectivity index (χ1v) is 7.10. The molecule has 0 aromatic heterocycles. The third-order valence-electron chi connectivity index (χ3n) is 3.00. The maximum absolute atomic E-state index is 5.84. The van der Waals surface area contributed by atoms with E-state index in [0.29, 0.717) is 5.88 Å². The van der Waals surface area contributed by atoms with Gasteiger partial charge in [0.25, 0.3) is 0 Å². The van der Waals surface area contributed by atoms with Gasteiger partial charge < -0.3 is 4.90 Å². The zero-order valence-electron chi connectivity index (χ0n) is 10.5. The van der Waals surface area contributed by atoms with Crippen molar-refractivity contribution in [3.63, 3.8) is 0 Å². The molecule has 0 fully saturated rings. The van der Waals surface area contributed by atoms with E-state index in [2.05, 4.69) is 77.3 Å². The van der Waals surface area contributed by atoms with Crippen LogP contribution in [0.15, 0.2) is 46.9 Å². The Bertz CT molecular complexity index is 554. The van der Waals surface area contributed by atoms with Gasteiger partial charge in [-0.3, -0.25) is 0 Å². The highest BCUT2D eigenvalue weighted by Gasteiger charge is 2.10. The Kier molecular flexibility index (Phi) is 4.31. The first-order chi connectivity index (χ1) is 8.63. The number of benzene rings is 2. The highest BCUT2D eigenvalue weighted by atomic mass is 79.9. The molecule has 0 aliphatic carbocycles. The van der Waals surface area contributed by atoms with Gasteiger partial charge in [-0.1, -0.05) is 24.3 Å². The van der Waals surface area contributed by atoms with E-state index < -0.39 is 0 Å². The van der Waals surface area contributed by atoms with Gasteiger partial charge in [-0.05, 0) is 52.2 Å². The number of alkyl halides is 1. The van der Waals surface area contributed by atoms with Crippen molar-refractivity contribution >= 4 is 38.9 Å². The molecule has 0 aliphatic rings. The Balaban J connectivity index is 2.40. The van der Waals surface area contributed by atoms with Crippen molar-refractivity contribution in [3.05, 3.63) is 58.1 Å². The molecule has 0 heterocycles. The van der Waals surface area contributed by atoms with Crippen LogP contribution in [0, 0.1) is 6.92 Å². The fourth-order valence-corrected chi connectivity index (χ4v) is 2.83. The van der Waals surface area contributed by atoms with Gasteiger partial charge in [0.15, 0.2) is 0 Å². The Morgan fingerprint density at radius 3 is 2.44 bits per heavy atom. The average Bonchev–Trinajstić information content (AvgIpc) is 2.38. The molecule has 0 radical (unpaired) electrons. The van der Waals surface area contributed by atoms with E-state index in [1.54, 1.807) is 0 Å². The van der Waals surface area contributed by atoms with Crippen molar-refractivity contribution in [2.24, 2.45) is 0 Å². The number of para-hydroxylation sites is 1. The van der Waals surface area contributed by atoms with E-state index in [9.17, 15) is 0 Å². The SMILES string of the molecule is Cc1ccccc1N(C)c1ccc(CCl)cc1Br. The van der Waals surface area contributed by atoms with Crippen LogP contribution in [0.4, 0.5) is 11.4 Å². The fraction of sp³-hybridized carbons (Fsp3) is 0.200. The summed E-state index contributed by atoms with van der Waals surface area (Å²) in [6, 6.07) is 14.6. The number of halogens is 2. The van der Waals surface area contributed by atoms with Gasteiger partial charge in [0, 0.05) is 23.1 Å². The summed E-state index contributed by atoms with van der Waals surface area (Å²) in [5.41, 5.74) is 4.72. The highest BCUT2D eigenvalue weighted by molar-refractivity contribution is 9.10. The second-order valence-electron chi connectivity index (χ2n) is 4.26. The number of anilines is 2. The second-order valence-corrected chi connectivity index (χ2v) is 5.39. The second kappa shape index (κ2) is 5.77. The summed E-state index contributed by atoms with van der Waals surface area (Å²) in [6.07, 6.45) is 0. The van der Waals surface area contributed by atoms with Crippen molar-refractivity contribution in [1.29, 1.82) is 0 Å². The van der Waals surface area contributed by atoms with Gasteiger partial charge >= 0.3 is 0 Å². The topological polar surface area (TPSA) is 3.24 Å². The average molecular weight is 325 g/mol. The molecule has 0 atom stereocenters. The minimum Gasteiger partial charge on any atom is -0.343 e. The summed E-state index contributed by atoms with van der Waals surface area (Å²) in [4.78, 5) is 2.18. The van der Waals surface area contributed by atoms with E-state index in [4.69, 9.17) is 11.6 Å². The quantitative estimate of drug-likeness (QED) is 0.696. The fourth-order valence-electron chi connectivity index (χ4n) is 1.98. The van der Waals surface area contributed by atoms with Gasteiger partial charge in [-0.25, -0.2) is 0 Å². The van der Waals surface area contributed by atoms with Crippen LogP contribution in [-0.4, -0.2) is 7.05 Å². The molecule has 0 N–H and O–H groups in total. The summed E-state index contributed by atoms with van der Waals surface area (Å²) in [7, 11) is 2.07.